The second kappa shape index (κ2) is 10.4. The number of benzene rings is 2. The molecule has 0 aliphatic heterocycles. The average molecular weight is 462 g/mol. The molecule has 0 saturated carbocycles. The van der Waals surface area contributed by atoms with Crippen molar-refractivity contribution in [2.75, 3.05) is 18.2 Å². The molecule has 0 atom stereocenters. The fraction of sp³-hybridized carbons (Fsp3) is 0.238. The lowest BCUT2D eigenvalue weighted by atomic mass is 10.1. The third kappa shape index (κ3) is 6.78. The van der Waals surface area contributed by atoms with Gasteiger partial charge in [-0.25, -0.2) is 18.1 Å². The van der Waals surface area contributed by atoms with E-state index in [9.17, 15) is 13.2 Å². The molecule has 3 rings (SSSR count). The molecule has 10 heteroatoms. The maximum Gasteiger partial charge on any atom is 0.261 e. The highest BCUT2D eigenvalue weighted by Gasteiger charge is 2.19. The number of carbonyl (C=O) groups excluding carboxylic acids is 1. The second-order valence-electron chi connectivity index (χ2n) is 6.61. The Bertz CT molecular complexity index is 1110. The number of sulfonamides is 1. The average Bonchev–Trinajstić information content (AvgIpc) is 3.24. The first-order valence-corrected chi connectivity index (χ1v) is 12.3. The highest BCUT2D eigenvalue weighted by atomic mass is 32.2. The van der Waals surface area contributed by atoms with Crippen LogP contribution in [-0.2, 0) is 16.6 Å². The molecule has 0 saturated heterocycles. The number of rotatable bonds is 10. The zero-order chi connectivity index (χ0) is 22.3. The fourth-order valence-electron chi connectivity index (χ4n) is 2.59. The van der Waals surface area contributed by atoms with Crippen LogP contribution in [0.1, 0.15) is 29.3 Å². The van der Waals surface area contributed by atoms with E-state index in [1.165, 1.54) is 11.3 Å². The molecule has 3 aromatic rings. The van der Waals surface area contributed by atoms with Crippen LogP contribution in [0.15, 0.2) is 54.0 Å². The predicted octanol–water partition coefficient (Wildman–Crippen LogP) is 4.03. The summed E-state index contributed by atoms with van der Waals surface area (Å²) in [6, 6.07) is 12.1. The number of hydrogen-bond donors (Lipinski definition) is 2. The van der Waals surface area contributed by atoms with E-state index >= 15 is 0 Å². The molecule has 2 N–H and O–H groups in total. The SMILES string of the molecule is CCCOc1c(Oc2ccc(CNS(C)(=O)=O)cc2)cccc1C(=O)Nc1nccs1. The van der Waals surface area contributed by atoms with Gasteiger partial charge in [-0.3, -0.25) is 10.1 Å². The normalized spacial score (nSPS) is 11.2. The summed E-state index contributed by atoms with van der Waals surface area (Å²) in [5.41, 5.74) is 1.13. The highest BCUT2D eigenvalue weighted by Crippen LogP contribution is 2.35. The number of anilines is 1. The fourth-order valence-corrected chi connectivity index (χ4v) is 3.55. The Morgan fingerprint density at radius 1 is 1.16 bits per heavy atom. The van der Waals surface area contributed by atoms with Gasteiger partial charge in [0.1, 0.15) is 5.75 Å². The quantitative estimate of drug-likeness (QED) is 0.472. The van der Waals surface area contributed by atoms with Crippen molar-refractivity contribution in [1.29, 1.82) is 0 Å². The Hall–Kier alpha value is -2.95. The minimum absolute atomic E-state index is 0.191. The van der Waals surface area contributed by atoms with Gasteiger partial charge in [-0.1, -0.05) is 25.1 Å². The summed E-state index contributed by atoms with van der Waals surface area (Å²) in [7, 11) is -3.27. The summed E-state index contributed by atoms with van der Waals surface area (Å²) >= 11 is 1.33. The van der Waals surface area contributed by atoms with Crippen LogP contribution < -0.4 is 19.5 Å². The van der Waals surface area contributed by atoms with Crippen molar-refractivity contribution in [3.05, 3.63) is 65.2 Å². The number of nitrogens with zero attached hydrogens (tertiary/aromatic N) is 1. The molecular formula is C21H23N3O5S2. The van der Waals surface area contributed by atoms with Crippen LogP contribution in [0.3, 0.4) is 0 Å². The molecule has 31 heavy (non-hydrogen) atoms. The van der Waals surface area contributed by atoms with Gasteiger partial charge in [0.25, 0.3) is 5.91 Å². The summed E-state index contributed by atoms with van der Waals surface area (Å²) in [4.78, 5) is 16.8. The smallest absolute Gasteiger partial charge is 0.261 e. The van der Waals surface area contributed by atoms with E-state index in [4.69, 9.17) is 9.47 Å². The van der Waals surface area contributed by atoms with Crippen molar-refractivity contribution >= 4 is 32.4 Å². The van der Waals surface area contributed by atoms with Crippen molar-refractivity contribution in [3.8, 4) is 17.2 Å². The first-order chi connectivity index (χ1) is 14.9. The molecule has 1 heterocycles. The summed E-state index contributed by atoms with van der Waals surface area (Å²) in [5.74, 6) is 0.944. The summed E-state index contributed by atoms with van der Waals surface area (Å²) in [5, 5.41) is 5.03. The molecule has 1 aromatic heterocycles. The minimum Gasteiger partial charge on any atom is -0.489 e. The number of ether oxygens (including phenoxy) is 2. The van der Waals surface area contributed by atoms with E-state index in [-0.39, 0.29) is 12.5 Å². The molecule has 0 radical (unpaired) electrons. The first kappa shape index (κ1) is 22.7. The van der Waals surface area contributed by atoms with Crippen molar-refractivity contribution in [2.45, 2.75) is 19.9 Å². The van der Waals surface area contributed by atoms with Crippen LogP contribution in [0.25, 0.3) is 0 Å². The third-order valence-electron chi connectivity index (χ3n) is 4.02. The summed E-state index contributed by atoms with van der Waals surface area (Å²) in [6.07, 6.45) is 3.49. The highest BCUT2D eigenvalue weighted by molar-refractivity contribution is 7.88. The third-order valence-corrected chi connectivity index (χ3v) is 5.37. The van der Waals surface area contributed by atoms with Gasteiger partial charge in [0.2, 0.25) is 10.0 Å². The van der Waals surface area contributed by atoms with Crippen LogP contribution >= 0.6 is 11.3 Å². The van der Waals surface area contributed by atoms with Crippen molar-refractivity contribution in [1.82, 2.24) is 9.71 Å². The molecule has 1 amide bonds. The molecule has 164 valence electrons. The Labute approximate surface area is 185 Å². The van der Waals surface area contributed by atoms with E-state index in [1.54, 1.807) is 54.0 Å². The molecule has 8 nitrogen and oxygen atoms in total. The zero-order valence-electron chi connectivity index (χ0n) is 17.1. The van der Waals surface area contributed by atoms with E-state index < -0.39 is 10.0 Å². The largest absolute Gasteiger partial charge is 0.489 e. The van der Waals surface area contributed by atoms with Crippen molar-refractivity contribution in [3.63, 3.8) is 0 Å². The maximum atomic E-state index is 12.8. The van der Waals surface area contributed by atoms with Crippen LogP contribution in [0.5, 0.6) is 17.2 Å². The van der Waals surface area contributed by atoms with E-state index in [0.29, 0.717) is 34.6 Å². The van der Waals surface area contributed by atoms with Crippen LogP contribution in [0.4, 0.5) is 5.13 Å². The van der Waals surface area contributed by atoms with Gasteiger partial charge < -0.3 is 9.47 Å². The number of nitrogens with one attached hydrogen (secondary N) is 2. The topological polar surface area (TPSA) is 107 Å². The van der Waals surface area contributed by atoms with E-state index in [1.807, 2.05) is 6.92 Å². The lowest BCUT2D eigenvalue weighted by molar-refractivity contribution is 0.102. The maximum absolute atomic E-state index is 12.8. The van der Waals surface area contributed by atoms with Crippen molar-refractivity contribution in [2.24, 2.45) is 0 Å². The molecule has 0 aliphatic rings. The lowest BCUT2D eigenvalue weighted by Gasteiger charge is -2.16. The molecule has 0 unspecified atom stereocenters. The van der Waals surface area contributed by atoms with Crippen LogP contribution in [-0.4, -0.2) is 32.2 Å². The van der Waals surface area contributed by atoms with Gasteiger partial charge in [-0.05, 0) is 36.2 Å². The number of hydrogen-bond acceptors (Lipinski definition) is 7. The molecular weight excluding hydrogens is 438 g/mol. The Morgan fingerprint density at radius 2 is 1.94 bits per heavy atom. The number of carbonyl (C=O) groups is 1. The monoisotopic (exact) mass is 461 g/mol. The minimum atomic E-state index is -3.27. The number of para-hydroxylation sites is 1. The van der Waals surface area contributed by atoms with Crippen LogP contribution in [0, 0.1) is 0 Å². The zero-order valence-corrected chi connectivity index (χ0v) is 18.8. The number of thiazole rings is 1. The molecule has 0 spiro atoms. The predicted molar refractivity (Wildman–Crippen MR) is 120 cm³/mol. The Morgan fingerprint density at radius 3 is 2.58 bits per heavy atom. The van der Waals surface area contributed by atoms with Gasteiger partial charge in [-0.2, -0.15) is 0 Å². The van der Waals surface area contributed by atoms with Gasteiger partial charge in [-0.15, -0.1) is 11.3 Å². The standard InChI is InChI=1S/C21H23N3O5S2/c1-3-12-28-19-17(20(25)24-21-22-11-13-30-21)5-4-6-18(19)29-16-9-7-15(8-10-16)14-23-31(2,26)27/h4-11,13,23H,3,12,14H2,1-2H3,(H,22,24,25). The van der Waals surface area contributed by atoms with Gasteiger partial charge in [0.05, 0.1) is 18.4 Å². The van der Waals surface area contributed by atoms with Gasteiger partial charge in [0.15, 0.2) is 16.6 Å². The number of aromatic nitrogens is 1. The van der Waals surface area contributed by atoms with E-state index in [2.05, 4.69) is 15.0 Å². The molecule has 2 aromatic carbocycles. The van der Waals surface area contributed by atoms with Crippen molar-refractivity contribution < 1.29 is 22.7 Å². The molecule has 0 aliphatic carbocycles. The van der Waals surface area contributed by atoms with E-state index in [0.717, 1.165) is 18.2 Å². The van der Waals surface area contributed by atoms with Crippen LogP contribution in [0.2, 0.25) is 0 Å². The summed E-state index contributed by atoms with van der Waals surface area (Å²) in [6.45, 7) is 2.59. The molecule has 0 bridgehead atoms. The van der Waals surface area contributed by atoms with Gasteiger partial charge in [0, 0.05) is 18.1 Å². The second-order valence-corrected chi connectivity index (χ2v) is 9.34. The van der Waals surface area contributed by atoms with Gasteiger partial charge >= 0.3 is 0 Å². The Kier molecular flexibility index (Phi) is 7.61. The lowest BCUT2D eigenvalue weighted by Crippen LogP contribution is -2.21. The summed E-state index contributed by atoms with van der Waals surface area (Å²) < 4.78 is 36.7. The Balaban J connectivity index is 1.80. The number of amides is 1. The molecule has 0 fully saturated rings. The first-order valence-electron chi connectivity index (χ1n) is 9.54.